The van der Waals surface area contributed by atoms with Crippen LogP contribution in [0, 0.1) is 0 Å². The van der Waals surface area contributed by atoms with Crippen molar-refractivity contribution in [1.82, 2.24) is 0 Å². The predicted octanol–water partition coefficient (Wildman–Crippen LogP) is 3.54. The zero-order valence-electron chi connectivity index (χ0n) is 12.7. The van der Waals surface area contributed by atoms with E-state index in [0.29, 0.717) is 13.0 Å². The van der Waals surface area contributed by atoms with Crippen LogP contribution in [0.25, 0.3) is 0 Å². The summed E-state index contributed by atoms with van der Waals surface area (Å²) in [7, 11) is 0. The lowest BCUT2D eigenvalue weighted by atomic mass is 10.4. The summed E-state index contributed by atoms with van der Waals surface area (Å²) in [4.78, 5) is 10.0. The number of carbonyl (C=O) groups excluding carboxylic acids is 1. The molecule has 0 radical (unpaired) electrons. The fourth-order valence-electron chi connectivity index (χ4n) is 0.992. The third-order valence-corrected chi connectivity index (χ3v) is 2.09. The number of carbonyl (C=O) groups is 1. The molecule has 1 aliphatic rings. The van der Waals surface area contributed by atoms with Crippen molar-refractivity contribution in [2.45, 2.75) is 66.6 Å². The Labute approximate surface area is 112 Å². The first-order chi connectivity index (χ1) is 8.62. The molecular formula is C14H30O4. The molecule has 1 rings (SSSR count). The van der Waals surface area contributed by atoms with Crippen molar-refractivity contribution in [2.75, 3.05) is 19.8 Å². The van der Waals surface area contributed by atoms with Gasteiger partial charge in [0.15, 0.2) is 6.29 Å². The zero-order chi connectivity index (χ0) is 14.2. The molecular weight excluding hydrogens is 232 g/mol. The topological polar surface area (TPSA) is 44.8 Å². The van der Waals surface area contributed by atoms with Crippen LogP contribution >= 0.6 is 0 Å². The van der Waals surface area contributed by atoms with Gasteiger partial charge in [-0.25, -0.2) is 0 Å². The smallest absolute Gasteiger partial charge is 0.305 e. The Hall–Kier alpha value is -0.610. The van der Waals surface area contributed by atoms with Crippen LogP contribution in [0.2, 0.25) is 0 Å². The van der Waals surface area contributed by atoms with Gasteiger partial charge in [0.05, 0.1) is 6.61 Å². The van der Waals surface area contributed by atoms with E-state index in [-0.39, 0.29) is 12.3 Å². The van der Waals surface area contributed by atoms with E-state index in [1.54, 1.807) is 0 Å². The molecule has 110 valence electrons. The number of ether oxygens (including phenoxy) is 3. The molecule has 1 fully saturated rings. The van der Waals surface area contributed by atoms with Gasteiger partial charge in [-0.15, -0.1) is 0 Å². The quantitative estimate of drug-likeness (QED) is 0.561. The molecule has 0 N–H and O–H groups in total. The molecule has 4 nitrogen and oxygen atoms in total. The van der Waals surface area contributed by atoms with Gasteiger partial charge in [-0.1, -0.05) is 26.7 Å². The second kappa shape index (κ2) is 16.4. The maximum absolute atomic E-state index is 10.0. The maximum atomic E-state index is 10.0. The highest BCUT2D eigenvalue weighted by Crippen LogP contribution is 2.01. The molecule has 0 aliphatic carbocycles. The highest BCUT2D eigenvalue weighted by atomic mass is 16.7. The van der Waals surface area contributed by atoms with Crippen molar-refractivity contribution in [3.05, 3.63) is 0 Å². The van der Waals surface area contributed by atoms with Crippen LogP contribution in [0.1, 0.15) is 60.3 Å². The van der Waals surface area contributed by atoms with E-state index in [4.69, 9.17) is 9.47 Å². The molecule has 0 bridgehead atoms. The zero-order valence-corrected chi connectivity index (χ0v) is 12.7. The van der Waals surface area contributed by atoms with Gasteiger partial charge in [0.2, 0.25) is 0 Å². The number of cyclic esters (lactones) is 1. The first-order valence-corrected chi connectivity index (χ1v) is 7.01. The van der Waals surface area contributed by atoms with E-state index >= 15 is 0 Å². The summed E-state index contributed by atoms with van der Waals surface area (Å²) in [6.45, 7) is 12.2. The number of esters is 1. The third-order valence-electron chi connectivity index (χ3n) is 2.09. The van der Waals surface area contributed by atoms with Gasteiger partial charge in [0.1, 0.15) is 0 Å². The highest BCUT2D eigenvalue weighted by Gasteiger charge is 2.08. The van der Waals surface area contributed by atoms with Crippen molar-refractivity contribution in [2.24, 2.45) is 0 Å². The van der Waals surface area contributed by atoms with Gasteiger partial charge in [-0.05, 0) is 27.2 Å². The van der Waals surface area contributed by atoms with Gasteiger partial charge in [-0.3, -0.25) is 4.79 Å². The number of hydrogen-bond acceptors (Lipinski definition) is 4. The van der Waals surface area contributed by atoms with E-state index in [9.17, 15) is 4.79 Å². The summed E-state index contributed by atoms with van der Waals surface area (Å²) < 4.78 is 14.6. The monoisotopic (exact) mass is 262 g/mol. The lowest BCUT2D eigenvalue weighted by Gasteiger charge is -2.09. The summed E-state index contributed by atoms with van der Waals surface area (Å²) in [5, 5.41) is 0. The summed E-state index contributed by atoms with van der Waals surface area (Å²) in [5.41, 5.74) is 0. The van der Waals surface area contributed by atoms with Crippen LogP contribution in [-0.4, -0.2) is 32.1 Å². The molecule has 1 aliphatic heterocycles. The van der Waals surface area contributed by atoms with Crippen molar-refractivity contribution in [1.29, 1.82) is 0 Å². The largest absolute Gasteiger partial charge is 0.466 e. The lowest BCUT2D eigenvalue weighted by molar-refractivity contribution is -0.137. The molecule has 0 amide bonds. The summed E-state index contributed by atoms with van der Waals surface area (Å²) in [5.74, 6) is -0.0463. The Morgan fingerprint density at radius 2 is 1.61 bits per heavy atom. The van der Waals surface area contributed by atoms with Gasteiger partial charge < -0.3 is 14.2 Å². The van der Waals surface area contributed by atoms with Crippen molar-refractivity contribution >= 4 is 5.97 Å². The fourth-order valence-corrected chi connectivity index (χ4v) is 0.992. The molecule has 0 aromatic rings. The van der Waals surface area contributed by atoms with E-state index in [1.165, 1.54) is 12.8 Å². The summed E-state index contributed by atoms with van der Waals surface area (Å²) in [6, 6.07) is 0. The minimum Gasteiger partial charge on any atom is -0.466 e. The Morgan fingerprint density at radius 3 is 1.78 bits per heavy atom. The average Bonchev–Trinajstić information content (AvgIpc) is 2.82. The molecule has 0 aromatic carbocycles. The minimum atomic E-state index is -0.0463. The highest BCUT2D eigenvalue weighted by molar-refractivity contribution is 5.70. The minimum absolute atomic E-state index is 0.0370. The second-order valence-electron chi connectivity index (χ2n) is 3.80. The first kappa shape index (κ1) is 19.7. The Balaban J connectivity index is 0. The molecule has 0 spiro atoms. The molecule has 1 heterocycles. The van der Waals surface area contributed by atoms with Crippen LogP contribution in [0.15, 0.2) is 0 Å². The van der Waals surface area contributed by atoms with E-state index in [2.05, 4.69) is 18.6 Å². The van der Waals surface area contributed by atoms with E-state index < -0.39 is 0 Å². The Bertz CT molecular complexity index is 155. The maximum Gasteiger partial charge on any atom is 0.305 e. The van der Waals surface area contributed by atoms with E-state index in [1.807, 2.05) is 20.8 Å². The molecule has 0 unspecified atom stereocenters. The van der Waals surface area contributed by atoms with Crippen LogP contribution in [0.5, 0.6) is 0 Å². The molecule has 4 heteroatoms. The normalized spacial score (nSPS) is 13.3. The number of hydrogen-bond donors (Lipinski definition) is 0. The summed E-state index contributed by atoms with van der Waals surface area (Å²) in [6.07, 6.45) is 4.14. The van der Waals surface area contributed by atoms with Gasteiger partial charge in [-0.2, -0.15) is 0 Å². The third kappa shape index (κ3) is 17.8. The van der Waals surface area contributed by atoms with E-state index in [0.717, 1.165) is 19.6 Å². The standard InChI is InChI=1S/C6H14O2.C4H6O2.C4H10/c1-4-7-6(3)8-5-2;5-4-2-1-3-6-4;1-3-4-2/h6H,4-5H2,1-3H3;1-3H2;3-4H2,1-2H3. The van der Waals surface area contributed by atoms with Crippen molar-refractivity contribution < 1.29 is 19.0 Å². The summed E-state index contributed by atoms with van der Waals surface area (Å²) >= 11 is 0. The van der Waals surface area contributed by atoms with Gasteiger partial charge >= 0.3 is 5.97 Å². The predicted molar refractivity (Wildman–Crippen MR) is 73.5 cm³/mol. The molecule has 0 saturated carbocycles. The van der Waals surface area contributed by atoms with Crippen LogP contribution in [-0.2, 0) is 19.0 Å². The Kier molecular flexibility index (Phi) is 18.0. The number of unbranched alkanes of at least 4 members (excludes halogenated alkanes) is 1. The number of rotatable bonds is 5. The van der Waals surface area contributed by atoms with Crippen molar-refractivity contribution in [3.8, 4) is 0 Å². The first-order valence-electron chi connectivity index (χ1n) is 7.01. The lowest BCUT2D eigenvalue weighted by Crippen LogP contribution is -2.11. The second-order valence-corrected chi connectivity index (χ2v) is 3.80. The average molecular weight is 262 g/mol. The van der Waals surface area contributed by atoms with Crippen LogP contribution < -0.4 is 0 Å². The SMILES string of the molecule is CCCC.CCOC(C)OCC.O=C1CCCO1. The molecule has 0 atom stereocenters. The van der Waals surface area contributed by atoms with Crippen LogP contribution in [0.4, 0.5) is 0 Å². The molecule has 1 saturated heterocycles. The Morgan fingerprint density at radius 1 is 1.11 bits per heavy atom. The van der Waals surface area contributed by atoms with Crippen LogP contribution in [0.3, 0.4) is 0 Å². The van der Waals surface area contributed by atoms with Gasteiger partial charge in [0, 0.05) is 19.6 Å². The molecule has 0 aromatic heterocycles. The van der Waals surface area contributed by atoms with Gasteiger partial charge in [0.25, 0.3) is 0 Å². The molecule has 18 heavy (non-hydrogen) atoms. The van der Waals surface area contributed by atoms with Crippen molar-refractivity contribution in [3.63, 3.8) is 0 Å². The fraction of sp³-hybridized carbons (Fsp3) is 0.929.